The van der Waals surface area contributed by atoms with Gasteiger partial charge in [0.15, 0.2) is 0 Å². The first-order valence-electron chi connectivity index (χ1n) is 5.73. The minimum absolute atomic E-state index is 0.138. The molecular formula is C14H9BrN4OS. The Labute approximate surface area is 134 Å². The maximum Gasteiger partial charge on any atom is 0.123 e. The number of pyridine rings is 1. The molecule has 1 heterocycles. The van der Waals surface area contributed by atoms with Gasteiger partial charge < -0.3 is 15.5 Å². The zero-order valence-electron chi connectivity index (χ0n) is 10.9. The SMILES string of the molecule is COc1ccc(-c2c(C#N)c(N)[nH]c(=S)c2C#N)c(Br)c1. The van der Waals surface area contributed by atoms with Gasteiger partial charge in [-0.05, 0) is 23.8 Å². The van der Waals surface area contributed by atoms with E-state index in [-0.39, 0.29) is 21.6 Å². The second kappa shape index (κ2) is 5.96. The summed E-state index contributed by atoms with van der Waals surface area (Å²) in [7, 11) is 1.56. The maximum absolute atomic E-state index is 9.34. The molecule has 3 N–H and O–H groups in total. The van der Waals surface area contributed by atoms with Gasteiger partial charge in [0.25, 0.3) is 0 Å². The van der Waals surface area contributed by atoms with Crippen molar-refractivity contribution in [2.24, 2.45) is 0 Å². The molecular weight excluding hydrogens is 352 g/mol. The number of halogens is 1. The van der Waals surface area contributed by atoms with Crippen molar-refractivity contribution in [1.29, 1.82) is 10.5 Å². The van der Waals surface area contributed by atoms with Crippen molar-refractivity contribution in [3.05, 3.63) is 38.4 Å². The molecule has 2 rings (SSSR count). The van der Waals surface area contributed by atoms with Crippen molar-refractivity contribution in [2.75, 3.05) is 12.8 Å². The minimum Gasteiger partial charge on any atom is -0.497 e. The molecule has 0 atom stereocenters. The Morgan fingerprint density at radius 1 is 1.29 bits per heavy atom. The fraction of sp³-hybridized carbons (Fsp3) is 0.0714. The van der Waals surface area contributed by atoms with E-state index in [0.29, 0.717) is 21.3 Å². The lowest BCUT2D eigenvalue weighted by Crippen LogP contribution is -2.02. The number of methoxy groups -OCH3 is 1. The van der Waals surface area contributed by atoms with Crippen LogP contribution in [0, 0.1) is 27.3 Å². The molecule has 104 valence electrons. The van der Waals surface area contributed by atoms with Crippen LogP contribution < -0.4 is 10.5 Å². The summed E-state index contributed by atoms with van der Waals surface area (Å²) in [5.74, 6) is 0.788. The van der Waals surface area contributed by atoms with Crippen molar-refractivity contribution >= 4 is 34.0 Å². The zero-order chi connectivity index (χ0) is 15.6. The number of nitrogens with one attached hydrogen (secondary N) is 1. The topological polar surface area (TPSA) is 98.6 Å². The normalized spacial score (nSPS) is 9.71. The summed E-state index contributed by atoms with van der Waals surface area (Å²) in [6, 6.07) is 9.26. The number of nitrogen functional groups attached to an aromatic ring is 1. The van der Waals surface area contributed by atoms with Crippen molar-refractivity contribution < 1.29 is 4.74 Å². The number of aromatic amines is 1. The number of anilines is 1. The fourth-order valence-corrected chi connectivity index (χ4v) is 2.75. The molecule has 5 nitrogen and oxygen atoms in total. The van der Waals surface area contributed by atoms with Gasteiger partial charge in [0.2, 0.25) is 0 Å². The fourth-order valence-electron chi connectivity index (χ4n) is 1.94. The summed E-state index contributed by atoms with van der Waals surface area (Å²) in [5.41, 5.74) is 7.26. The van der Waals surface area contributed by atoms with Gasteiger partial charge in [-0.15, -0.1) is 0 Å². The van der Waals surface area contributed by atoms with Crippen LogP contribution in [0.15, 0.2) is 22.7 Å². The largest absolute Gasteiger partial charge is 0.497 e. The first kappa shape index (κ1) is 15.0. The quantitative estimate of drug-likeness (QED) is 0.798. The molecule has 0 radical (unpaired) electrons. The van der Waals surface area contributed by atoms with E-state index in [0.717, 1.165) is 0 Å². The minimum atomic E-state index is 0.138. The molecule has 0 spiro atoms. The zero-order valence-corrected chi connectivity index (χ0v) is 13.3. The predicted octanol–water partition coefficient (Wildman–Crippen LogP) is 3.51. The molecule has 21 heavy (non-hydrogen) atoms. The van der Waals surface area contributed by atoms with Gasteiger partial charge in [-0.25, -0.2) is 0 Å². The predicted molar refractivity (Wildman–Crippen MR) is 85.2 cm³/mol. The Morgan fingerprint density at radius 3 is 2.48 bits per heavy atom. The van der Waals surface area contributed by atoms with Gasteiger partial charge in [-0.1, -0.05) is 28.1 Å². The van der Waals surface area contributed by atoms with Crippen LogP contribution in [0.5, 0.6) is 5.75 Å². The van der Waals surface area contributed by atoms with E-state index in [9.17, 15) is 10.5 Å². The summed E-state index contributed by atoms with van der Waals surface area (Å²) < 4.78 is 6.01. The number of rotatable bonds is 2. The number of H-pyrrole nitrogens is 1. The van der Waals surface area contributed by atoms with Crippen LogP contribution in [-0.4, -0.2) is 12.1 Å². The lowest BCUT2D eigenvalue weighted by molar-refractivity contribution is 0.414. The van der Waals surface area contributed by atoms with Crippen molar-refractivity contribution in [2.45, 2.75) is 0 Å². The molecule has 0 bridgehead atoms. The van der Waals surface area contributed by atoms with E-state index in [1.165, 1.54) is 0 Å². The van der Waals surface area contributed by atoms with Gasteiger partial charge >= 0.3 is 0 Å². The highest BCUT2D eigenvalue weighted by Gasteiger charge is 2.18. The molecule has 0 aliphatic heterocycles. The van der Waals surface area contributed by atoms with E-state index in [1.807, 2.05) is 12.1 Å². The first-order chi connectivity index (χ1) is 10.0. The number of ether oxygens (including phenoxy) is 1. The molecule has 0 amide bonds. The highest BCUT2D eigenvalue weighted by atomic mass is 79.9. The van der Waals surface area contributed by atoms with Crippen LogP contribution in [-0.2, 0) is 0 Å². The smallest absolute Gasteiger partial charge is 0.123 e. The van der Waals surface area contributed by atoms with Crippen LogP contribution in [0.3, 0.4) is 0 Å². The van der Waals surface area contributed by atoms with Crippen molar-refractivity contribution in [3.63, 3.8) is 0 Å². The van der Waals surface area contributed by atoms with E-state index < -0.39 is 0 Å². The molecule has 7 heteroatoms. The second-order valence-electron chi connectivity index (χ2n) is 4.06. The van der Waals surface area contributed by atoms with E-state index in [1.54, 1.807) is 25.3 Å². The summed E-state index contributed by atoms with van der Waals surface area (Å²) in [4.78, 5) is 2.67. The number of hydrogen-bond acceptors (Lipinski definition) is 5. The summed E-state index contributed by atoms with van der Waals surface area (Å²) in [6.07, 6.45) is 0. The third-order valence-electron chi connectivity index (χ3n) is 2.91. The van der Waals surface area contributed by atoms with Gasteiger partial charge in [-0.2, -0.15) is 10.5 Å². The van der Waals surface area contributed by atoms with E-state index >= 15 is 0 Å². The highest BCUT2D eigenvalue weighted by molar-refractivity contribution is 9.10. The highest BCUT2D eigenvalue weighted by Crippen LogP contribution is 2.37. The third kappa shape index (κ3) is 2.62. The molecule has 0 aliphatic carbocycles. The molecule has 1 aromatic heterocycles. The Balaban J connectivity index is 2.90. The number of hydrogen-bond donors (Lipinski definition) is 2. The van der Waals surface area contributed by atoms with Crippen LogP contribution in [0.4, 0.5) is 5.82 Å². The molecule has 2 aromatic rings. The molecule has 0 aliphatic rings. The molecule has 1 aromatic carbocycles. The Morgan fingerprint density at radius 2 is 1.95 bits per heavy atom. The maximum atomic E-state index is 9.34. The van der Waals surface area contributed by atoms with Gasteiger partial charge in [0.1, 0.15) is 33.9 Å². The number of nitrogens with zero attached hydrogens (tertiary/aromatic N) is 2. The van der Waals surface area contributed by atoms with Gasteiger partial charge in [0, 0.05) is 10.0 Å². The monoisotopic (exact) mass is 360 g/mol. The third-order valence-corrected chi connectivity index (χ3v) is 3.88. The van der Waals surface area contributed by atoms with Crippen LogP contribution in [0.2, 0.25) is 0 Å². The molecule has 0 saturated heterocycles. The van der Waals surface area contributed by atoms with Crippen LogP contribution in [0.1, 0.15) is 11.1 Å². The average molecular weight is 361 g/mol. The lowest BCUT2D eigenvalue weighted by Gasteiger charge is -2.12. The standard InChI is InChI=1S/C14H9BrN4OS/c1-20-7-2-3-8(11(15)4-7)12-9(5-16)13(18)19-14(21)10(12)6-17/h2-4H,1H3,(H3,18,19,21). The first-order valence-corrected chi connectivity index (χ1v) is 6.93. The van der Waals surface area contributed by atoms with E-state index in [2.05, 4.69) is 20.9 Å². The van der Waals surface area contributed by atoms with Gasteiger partial charge in [-0.3, -0.25) is 0 Å². The second-order valence-corrected chi connectivity index (χ2v) is 5.32. The van der Waals surface area contributed by atoms with Gasteiger partial charge in [0.05, 0.1) is 12.7 Å². The average Bonchev–Trinajstić information content (AvgIpc) is 2.46. The number of nitriles is 2. The summed E-state index contributed by atoms with van der Waals surface area (Å²) in [6.45, 7) is 0. The Hall–Kier alpha value is -2.35. The van der Waals surface area contributed by atoms with Crippen LogP contribution in [0.25, 0.3) is 11.1 Å². The number of nitrogens with two attached hydrogens (primary N) is 1. The van der Waals surface area contributed by atoms with Crippen molar-refractivity contribution in [3.8, 4) is 29.0 Å². The molecule has 0 unspecified atom stereocenters. The number of benzene rings is 1. The number of aromatic nitrogens is 1. The lowest BCUT2D eigenvalue weighted by atomic mass is 9.97. The Bertz CT molecular complexity index is 861. The van der Waals surface area contributed by atoms with Crippen molar-refractivity contribution in [1.82, 2.24) is 4.98 Å². The molecule has 0 saturated carbocycles. The Kier molecular flexibility index (Phi) is 4.27. The summed E-state index contributed by atoms with van der Waals surface area (Å²) >= 11 is 8.53. The van der Waals surface area contributed by atoms with E-state index in [4.69, 9.17) is 22.7 Å². The molecule has 0 fully saturated rings. The van der Waals surface area contributed by atoms with Crippen LogP contribution >= 0.6 is 28.1 Å². The summed E-state index contributed by atoms with van der Waals surface area (Å²) in [5, 5.41) is 18.7.